The van der Waals surface area contributed by atoms with E-state index in [1.54, 1.807) is 11.3 Å². The molecular weight excluding hydrogens is 330 g/mol. The molecule has 0 amide bonds. The highest BCUT2D eigenvalue weighted by Gasteiger charge is 2.15. The number of hydrogen-bond donors (Lipinski definition) is 0. The summed E-state index contributed by atoms with van der Waals surface area (Å²) in [7, 11) is 4.06. The van der Waals surface area contributed by atoms with Crippen molar-refractivity contribution in [1.29, 1.82) is 0 Å². The van der Waals surface area contributed by atoms with Crippen LogP contribution in [0.5, 0.6) is 0 Å². The molecule has 0 saturated carbocycles. The molecule has 126 valence electrons. The molecule has 2 aromatic heterocycles. The molecule has 5 nitrogen and oxygen atoms in total. The van der Waals surface area contributed by atoms with Crippen LogP contribution in [0.4, 0.5) is 5.69 Å². The molecule has 0 aliphatic rings. The van der Waals surface area contributed by atoms with E-state index in [1.807, 2.05) is 18.6 Å². The minimum Gasteiger partial charge on any atom is -0.378 e. The number of aromatic nitrogens is 4. The Morgan fingerprint density at radius 3 is 2.28 bits per heavy atom. The first kappa shape index (κ1) is 15.8. The Labute approximate surface area is 150 Å². The normalized spacial score (nSPS) is 11.2. The van der Waals surface area contributed by atoms with Crippen LogP contribution in [-0.2, 0) is 0 Å². The highest BCUT2D eigenvalue weighted by Crippen LogP contribution is 2.29. The standard InChI is InChI=1S/C19H19N5S/c1-12-5-6-15(11-13(12)2)18-22-24-17(20-21-19(24)25-18)14-7-9-16(10-8-14)23(3)4/h5-11H,1-4H3. The molecule has 0 aliphatic heterocycles. The van der Waals surface area contributed by atoms with Crippen LogP contribution in [0.15, 0.2) is 42.5 Å². The predicted octanol–water partition coefficient (Wildman–Crippen LogP) is 4.20. The molecule has 4 aromatic rings. The molecule has 0 bridgehead atoms. The average Bonchev–Trinajstić information content (AvgIpc) is 3.18. The third-order valence-corrected chi connectivity index (χ3v) is 5.33. The van der Waals surface area contributed by atoms with Gasteiger partial charge in [-0.1, -0.05) is 23.5 Å². The molecule has 0 N–H and O–H groups in total. The lowest BCUT2D eigenvalue weighted by molar-refractivity contribution is 0.970. The summed E-state index contributed by atoms with van der Waals surface area (Å²) in [4.78, 5) is 2.88. The fourth-order valence-corrected chi connectivity index (χ4v) is 3.53. The van der Waals surface area contributed by atoms with Crippen molar-refractivity contribution in [3.05, 3.63) is 53.6 Å². The van der Waals surface area contributed by atoms with Crippen LogP contribution in [0.3, 0.4) is 0 Å². The smallest absolute Gasteiger partial charge is 0.235 e. The first-order valence-electron chi connectivity index (χ1n) is 8.10. The van der Waals surface area contributed by atoms with Crippen molar-refractivity contribution in [1.82, 2.24) is 19.8 Å². The van der Waals surface area contributed by atoms with Crippen molar-refractivity contribution in [3.8, 4) is 22.0 Å². The van der Waals surface area contributed by atoms with Crippen LogP contribution in [0.2, 0.25) is 0 Å². The summed E-state index contributed by atoms with van der Waals surface area (Å²) in [5.74, 6) is 0.770. The van der Waals surface area contributed by atoms with Gasteiger partial charge in [-0.25, -0.2) is 0 Å². The van der Waals surface area contributed by atoms with Gasteiger partial charge >= 0.3 is 0 Å². The van der Waals surface area contributed by atoms with Crippen LogP contribution >= 0.6 is 11.3 Å². The topological polar surface area (TPSA) is 46.3 Å². The van der Waals surface area contributed by atoms with Gasteiger partial charge in [-0.05, 0) is 55.3 Å². The van der Waals surface area contributed by atoms with Gasteiger partial charge in [0.25, 0.3) is 0 Å². The monoisotopic (exact) mass is 349 g/mol. The zero-order chi connectivity index (χ0) is 17.6. The van der Waals surface area contributed by atoms with E-state index in [1.165, 1.54) is 11.1 Å². The van der Waals surface area contributed by atoms with E-state index in [-0.39, 0.29) is 0 Å². The Kier molecular flexibility index (Phi) is 3.77. The molecule has 25 heavy (non-hydrogen) atoms. The van der Waals surface area contributed by atoms with E-state index in [9.17, 15) is 0 Å². The van der Waals surface area contributed by atoms with E-state index in [4.69, 9.17) is 5.10 Å². The summed E-state index contributed by atoms with van der Waals surface area (Å²) in [6.45, 7) is 4.24. The number of benzene rings is 2. The summed E-state index contributed by atoms with van der Waals surface area (Å²) in [6, 6.07) is 14.7. The lowest BCUT2D eigenvalue weighted by atomic mass is 10.1. The molecule has 0 fully saturated rings. The Morgan fingerprint density at radius 1 is 0.880 bits per heavy atom. The van der Waals surface area contributed by atoms with Gasteiger partial charge in [-0.2, -0.15) is 9.61 Å². The lowest BCUT2D eigenvalue weighted by Crippen LogP contribution is -2.08. The van der Waals surface area contributed by atoms with E-state index >= 15 is 0 Å². The third kappa shape index (κ3) is 2.78. The molecule has 0 aliphatic carbocycles. The number of anilines is 1. The molecule has 4 rings (SSSR count). The van der Waals surface area contributed by atoms with Crippen LogP contribution < -0.4 is 4.90 Å². The lowest BCUT2D eigenvalue weighted by Gasteiger charge is -2.12. The highest BCUT2D eigenvalue weighted by molar-refractivity contribution is 7.19. The summed E-state index contributed by atoms with van der Waals surface area (Å²) in [6.07, 6.45) is 0. The second-order valence-electron chi connectivity index (χ2n) is 6.37. The van der Waals surface area contributed by atoms with E-state index < -0.39 is 0 Å². The Balaban J connectivity index is 1.76. The largest absolute Gasteiger partial charge is 0.378 e. The molecule has 0 atom stereocenters. The zero-order valence-electron chi connectivity index (χ0n) is 14.7. The van der Waals surface area contributed by atoms with Gasteiger partial charge in [0.05, 0.1) is 0 Å². The maximum absolute atomic E-state index is 4.75. The second kappa shape index (κ2) is 5.97. The van der Waals surface area contributed by atoms with Crippen molar-refractivity contribution in [2.45, 2.75) is 13.8 Å². The Morgan fingerprint density at radius 2 is 1.60 bits per heavy atom. The summed E-state index contributed by atoms with van der Waals surface area (Å²) >= 11 is 1.56. The molecule has 6 heteroatoms. The molecule has 0 unspecified atom stereocenters. The van der Waals surface area contributed by atoms with Crippen molar-refractivity contribution >= 4 is 22.0 Å². The SMILES string of the molecule is Cc1ccc(-c2nn3c(-c4ccc(N(C)C)cc4)nnc3s2)cc1C. The van der Waals surface area contributed by atoms with Gasteiger partial charge in [0.2, 0.25) is 4.96 Å². The summed E-state index contributed by atoms with van der Waals surface area (Å²) < 4.78 is 1.83. The molecule has 2 heterocycles. The number of rotatable bonds is 3. The summed E-state index contributed by atoms with van der Waals surface area (Å²) in [5.41, 5.74) is 5.83. The number of nitrogens with zero attached hydrogens (tertiary/aromatic N) is 5. The van der Waals surface area contributed by atoms with Gasteiger partial charge in [0.1, 0.15) is 5.01 Å². The second-order valence-corrected chi connectivity index (χ2v) is 7.32. The molecule has 0 radical (unpaired) electrons. The molecule has 0 spiro atoms. The van der Waals surface area contributed by atoms with Gasteiger partial charge in [0.15, 0.2) is 5.82 Å². The number of hydrogen-bond acceptors (Lipinski definition) is 5. The van der Waals surface area contributed by atoms with Crippen molar-refractivity contribution in [2.75, 3.05) is 19.0 Å². The first-order valence-corrected chi connectivity index (χ1v) is 8.92. The average molecular weight is 349 g/mol. The minimum atomic E-state index is 0.770. The Bertz CT molecular complexity index is 1040. The van der Waals surface area contributed by atoms with E-state index in [0.717, 1.165) is 32.6 Å². The van der Waals surface area contributed by atoms with Crippen molar-refractivity contribution < 1.29 is 0 Å². The van der Waals surface area contributed by atoms with Gasteiger partial charge in [0, 0.05) is 30.9 Å². The Hall–Kier alpha value is -2.73. The van der Waals surface area contributed by atoms with Crippen molar-refractivity contribution in [2.24, 2.45) is 0 Å². The highest BCUT2D eigenvalue weighted by atomic mass is 32.1. The molecule has 0 saturated heterocycles. The zero-order valence-corrected chi connectivity index (χ0v) is 15.5. The maximum atomic E-state index is 4.75. The van der Waals surface area contributed by atoms with Crippen LogP contribution in [0, 0.1) is 13.8 Å². The van der Waals surface area contributed by atoms with Crippen LogP contribution in [0.25, 0.3) is 26.9 Å². The molecular formula is C19H19N5S. The predicted molar refractivity (Wildman–Crippen MR) is 103 cm³/mol. The summed E-state index contributed by atoms with van der Waals surface area (Å²) in [5, 5.41) is 14.3. The van der Waals surface area contributed by atoms with Crippen LogP contribution in [0.1, 0.15) is 11.1 Å². The fourth-order valence-electron chi connectivity index (χ4n) is 2.70. The fraction of sp³-hybridized carbons (Fsp3) is 0.211. The van der Waals surface area contributed by atoms with Crippen molar-refractivity contribution in [3.63, 3.8) is 0 Å². The third-order valence-electron chi connectivity index (χ3n) is 4.39. The van der Waals surface area contributed by atoms with Crippen LogP contribution in [-0.4, -0.2) is 33.9 Å². The quantitative estimate of drug-likeness (QED) is 0.556. The molecule has 2 aromatic carbocycles. The van der Waals surface area contributed by atoms with Gasteiger partial charge < -0.3 is 4.90 Å². The van der Waals surface area contributed by atoms with Gasteiger partial charge in [-0.15, -0.1) is 10.2 Å². The maximum Gasteiger partial charge on any atom is 0.235 e. The van der Waals surface area contributed by atoms with E-state index in [0.29, 0.717) is 0 Å². The number of aryl methyl sites for hydroxylation is 2. The first-order chi connectivity index (χ1) is 12.0. The number of fused-ring (bicyclic) bond motifs is 1. The van der Waals surface area contributed by atoms with Gasteiger partial charge in [-0.3, -0.25) is 0 Å². The minimum absolute atomic E-state index is 0.770. The van der Waals surface area contributed by atoms with E-state index in [2.05, 4.69) is 71.4 Å².